The van der Waals surface area contributed by atoms with E-state index in [1.165, 1.54) is 18.6 Å². The van der Waals surface area contributed by atoms with Gasteiger partial charge in [0.05, 0.1) is 10.8 Å². The maximum atomic E-state index is 12.7. The van der Waals surface area contributed by atoms with Gasteiger partial charge in [-0.3, -0.25) is 4.79 Å². The molecule has 1 saturated carbocycles. The molecule has 23 heavy (non-hydrogen) atoms. The van der Waals surface area contributed by atoms with Crippen molar-refractivity contribution in [2.24, 2.45) is 0 Å². The number of amides is 1. The van der Waals surface area contributed by atoms with Crippen LogP contribution in [0, 0.1) is 0 Å². The maximum Gasteiger partial charge on any atom is 0.232 e. The third-order valence-electron chi connectivity index (χ3n) is 5.17. The molecule has 0 spiro atoms. The van der Waals surface area contributed by atoms with Gasteiger partial charge in [-0.25, -0.2) is 8.42 Å². The molecule has 2 aliphatic rings. The zero-order valence-electron chi connectivity index (χ0n) is 13.3. The van der Waals surface area contributed by atoms with Crippen molar-refractivity contribution in [3.8, 4) is 0 Å². The molecular weight excluding hydrogens is 314 g/mol. The van der Waals surface area contributed by atoms with Crippen LogP contribution in [0.5, 0.6) is 0 Å². The van der Waals surface area contributed by atoms with E-state index in [2.05, 4.69) is 0 Å². The molecule has 0 bridgehead atoms. The monoisotopic (exact) mass is 336 g/mol. The predicted molar refractivity (Wildman–Crippen MR) is 84.9 cm³/mol. The van der Waals surface area contributed by atoms with Crippen LogP contribution in [0.15, 0.2) is 29.2 Å². The molecule has 0 unspecified atom stereocenters. The zero-order valence-corrected chi connectivity index (χ0v) is 14.1. The molecule has 1 aromatic rings. The predicted octanol–water partition coefficient (Wildman–Crippen LogP) is 2.63. The van der Waals surface area contributed by atoms with E-state index >= 15 is 0 Å². The van der Waals surface area contributed by atoms with Gasteiger partial charge in [0.15, 0.2) is 0 Å². The van der Waals surface area contributed by atoms with Crippen molar-refractivity contribution >= 4 is 16.0 Å². The van der Waals surface area contributed by atoms with Crippen LogP contribution in [0.3, 0.4) is 0 Å². The van der Waals surface area contributed by atoms with Gasteiger partial charge >= 0.3 is 0 Å². The first-order valence-electron chi connectivity index (χ1n) is 8.32. The average molecular weight is 336 g/mol. The van der Waals surface area contributed by atoms with Crippen molar-refractivity contribution in [1.29, 1.82) is 0 Å². The summed E-state index contributed by atoms with van der Waals surface area (Å²) in [5, 5.41) is 0. The first-order chi connectivity index (χ1) is 10.9. The smallest absolute Gasteiger partial charge is 0.232 e. The van der Waals surface area contributed by atoms with Crippen LogP contribution in [0.2, 0.25) is 0 Å². The SMILES string of the molecule is CC[C@@H]1[C@H](c2ccccc2S(=O)(=O)[O-])C(=O)N1C1CCCCC1. The summed E-state index contributed by atoms with van der Waals surface area (Å²) < 4.78 is 34.5. The second-order valence-electron chi connectivity index (χ2n) is 6.48. The Balaban J connectivity index is 1.92. The number of nitrogens with zero attached hydrogens (tertiary/aromatic N) is 1. The number of hydrogen-bond donors (Lipinski definition) is 0. The topological polar surface area (TPSA) is 77.5 Å². The minimum atomic E-state index is -4.57. The molecule has 1 heterocycles. The highest BCUT2D eigenvalue weighted by molar-refractivity contribution is 7.85. The largest absolute Gasteiger partial charge is 0.744 e. The van der Waals surface area contributed by atoms with Crippen LogP contribution in [0.25, 0.3) is 0 Å². The Morgan fingerprint density at radius 1 is 1.17 bits per heavy atom. The van der Waals surface area contributed by atoms with Crippen LogP contribution in [-0.4, -0.2) is 35.9 Å². The van der Waals surface area contributed by atoms with Gasteiger partial charge in [-0.15, -0.1) is 0 Å². The minimum Gasteiger partial charge on any atom is -0.744 e. The maximum absolute atomic E-state index is 12.7. The summed E-state index contributed by atoms with van der Waals surface area (Å²) in [7, 11) is -4.57. The van der Waals surface area contributed by atoms with Crippen molar-refractivity contribution in [2.75, 3.05) is 0 Å². The fourth-order valence-corrected chi connectivity index (χ4v) is 4.84. The zero-order chi connectivity index (χ0) is 16.6. The highest BCUT2D eigenvalue weighted by atomic mass is 32.2. The molecule has 1 aromatic carbocycles. The van der Waals surface area contributed by atoms with Gasteiger partial charge in [-0.2, -0.15) is 0 Å². The number of likely N-dealkylation sites (tertiary alicyclic amines) is 1. The van der Waals surface area contributed by atoms with Gasteiger partial charge in [-0.1, -0.05) is 44.4 Å². The second kappa shape index (κ2) is 6.24. The molecule has 3 rings (SSSR count). The molecule has 2 fully saturated rings. The van der Waals surface area contributed by atoms with Crippen LogP contribution in [0.1, 0.15) is 56.9 Å². The van der Waals surface area contributed by atoms with E-state index in [1.54, 1.807) is 12.1 Å². The number of carbonyl (C=O) groups is 1. The third-order valence-corrected chi connectivity index (χ3v) is 6.08. The van der Waals surface area contributed by atoms with Crippen LogP contribution < -0.4 is 0 Å². The van der Waals surface area contributed by atoms with E-state index in [4.69, 9.17) is 0 Å². The van der Waals surface area contributed by atoms with Crippen molar-refractivity contribution < 1.29 is 17.8 Å². The molecular formula is C17H22NO4S-. The summed E-state index contributed by atoms with van der Waals surface area (Å²) >= 11 is 0. The van der Waals surface area contributed by atoms with E-state index in [0.29, 0.717) is 5.56 Å². The molecule has 0 N–H and O–H groups in total. The quantitative estimate of drug-likeness (QED) is 0.625. The lowest BCUT2D eigenvalue weighted by Gasteiger charge is -2.52. The molecule has 126 valence electrons. The highest BCUT2D eigenvalue weighted by Gasteiger charge is 2.50. The molecule has 5 nitrogen and oxygen atoms in total. The molecule has 1 aliphatic carbocycles. The second-order valence-corrected chi connectivity index (χ2v) is 7.83. The van der Waals surface area contributed by atoms with E-state index in [-0.39, 0.29) is 22.9 Å². The molecule has 0 radical (unpaired) electrons. The van der Waals surface area contributed by atoms with E-state index in [0.717, 1.165) is 32.1 Å². The molecule has 6 heteroatoms. The molecule has 1 aliphatic heterocycles. The van der Waals surface area contributed by atoms with Crippen LogP contribution >= 0.6 is 0 Å². The summed E-state index contributed by atoms with van der Waals surface area (Å²) in [6.45, 7) is 2.01. The average Bonchev–Trinajstić information content (AvgIpc) is 2.53. The first kappa shape index (κ1) is 16.5. The van der Waals surface area contributed by atoms with Gasteiger partial charge in [0.25, 0.3) is 0 Å². The normalized spacial score (nSPS) is 26.2. The van der Waals surface area contributed by atoms with Crippen molar-refractivity contribution in [3.05, 3.63) is 29.8 Å². The minimum absolute atomic E-state index is 0.00602. The van der Waals surface area contributed by atoms with Gasteiger partial charge in [0, 0.05) is 12.1 Å². The van der Waals surface area contributed by atoms with Gasteiger partial charge < -0.3 is 9.45 Å². The Morgan fingerprint density at radius 3 is 2.43 bits per heavy atom. The fraction of sp³-hybridized carbons (Fsp3) is 0.588. The van der Waals surface area contributed by atoms with Gasteiger partial charge in [0.1, 0.15) is 10.1 Å². The lowest BCUT2D eigenvalue weighted by molar-refractivity contribution is -0.155. The number of hydrogen-bond acceptors (Lipinski definition) is 4. The number of rotatable bonds is 4. The Morgan fingerprint density at radius 2 is 1.83 bits per heavy atom. The van der Waals surface area contributed by atoms with Gasteiger partial charge in [0.2, 0.25) is 5.91 Å². The summed E-state index contributed by atoms with van der Waals surface area (Å²) in [5.74, 6) is -0.526. The van der Waals surface area contributed by atoms with Crippen molar-refractivity contribution in [3.63, 3.8) is 0 Å². The number of benzene rings is 1. The highest BCUT2D eigenvalue weighted by Crippen LogP contribution is 2.43. The van der Waals surface area contributed by atoms with Crippen LogP contribution in [-0.2, 0) is 14.9 Å². The summed E-state index contributed by atoms with van der Waals surface area (Å²) in [4.78, 5) is 14.4. The summed E-state index contributed by atoms with van der Waals surface area (Å²) in [5.41, 5.74) is 0.367. The third kappa shape index (κ3) is 2.90. The number of carbonyl (C=O) groups excluding carboxylic acids is 1. The van der Waals surface area contributed by atoms with Crippen molar-refractivity contribution in [1.82, 2.24) is 4.90 Å². The van der Waals surface area contributed by atoms with E-state index in [1.807, 2.05) is 11.8 Å². The standard InChI is InChI=1S/C17H23NO4S/c1-2-14-16(13-10-6-7-11-15(13)23(20,21)22)17(19)18(14)12-8-4-3-5-9-12/h6-7,10-12,14,16H,2-5,8-9H2,1H3,(H,20,21,22)/p-1/t14-,16+/m1/s1. The number of β-lactam (4-membered cyclic amide) rings is 1. The fourth-order valence-electron chi connectivity index (χ4n) is 4.11. The van der Waals surface area contributed by atoms with E-state index in [9.17, 15) is 17.8 Å². The van der Waals surface area contributed by atoms with Crippen LogP contribution in [0.4, 0.5) is 0 Å². The van der Waals surface area contributed by atoms with E-state index < -0.39 is 16.0 Å². The Bertz CT molecular complexity index is 694. The van der Waals surface area contributed by atoms with Crippen molar-refractivity contribution in [2.45, 2.75) is 68.3 Å². The lowest BCUT2D eigenvalue weighted by Crippen LogP contribution is -2.63. The van der Waals surface area contributed by atoms with Gasteiger partial charge in [-0.05, 0) is 30.9 Å². The Kier molecular flexibility index (Phi) is 4.47. The molecule has 1 amide bonds. The molecule has 0 aromatic heterocycles. The Hall–Kier alpha value is -1.40. The first-order valence-corrected chi connectivity index (χ1v) is 9.73. The summed E-state index contributed by atoms with van der Waals surface area (Å²) in [6, 6.07) is 6.39. The summed E-state index contributed by atoms with van der Waals surface area (Å²) in [6.07, 6.45) is 6.31. The lowest BCUT2D eigenvalue weighted by atomic mass is 9.77. The Labute approximate surface area is 137 Å². The molecule has 1 saturated heterocycles. The molecule has 2 atom stereocenters.